The van der Waals surface area contributed by atoms with E-state index in [4.69, 9.17) is 14.2 Å². The van der Waals surface area contributed by atoms with Gasteiger partial charge in [0.25, 0.3) is 0 Å². The van der Waals surface area contributed by atoms with Crippen molar-refractivity contribution in [1.29, 1.82) is 0 Å². The number of piperazine rings is 1. The highest BCUT2D eigenvalue weighted by atomic mass is 16.7. The monoisotopic (exact) mass is 407 g/mol. The van der Waals surface area contributed by atoms with Gasteiger partial charge in [-0.1, -0.05) is 6.07 Å². The van der Waals surface area contributed by atoms with Crippen molar-refractivity contribution < 1.29 is 29.2 Å². The van der Waals surface area contributed by atoms with Crippen LogP contribution in [0.2, 0.25) is 0 Å². The van der Waals surface area contributed by atoms with Crippen LogP contribution in [0.3, 0.4) is 0 Å². The fourth-order valence-corrected chi connectivity index (χ4v) is 4.42. The molecule has 160 valence electrons. The largest absolute Gasteiger partial charge is 0.507 e. The quantitative estimate of drug-likeness (QED) is 0.601. The van der Waals surface area contributed by atoms with E-state index in [1.807, 2.05) is 4.90 Å². The van der Waals surface area contributed by atoms with Gasteiger partial charge in [-0.15, -0.1) is 0 Å². The van der Waals surface area contributed by atoms with E-state index in [0.717, 1.165) is 0 Å². The van der Waals surface area contributed by atoms with E-state index in [9.17, 15) is 15.0 Å². The Morgan fingerprint density at radius 2 is 2.07 bits per heavy atom. The lowest BCUT2D eigenvalue weighted by atomic mass is 9.94. The Morgan fingerprint density at radius 3 is 2.72 bits per heavy atom. The number of methoxy groups -OCH3 is 1. The Bertz CT molecular complexity index is 739. The number of rotatable bonds is 5. The first-order valence-corrected chi connectivity index (χ1v) is 10.0. The van der Waals surface area contributed by atoms with E-state index in [0.29, 0.717) is 50.6 Å². The van der Waals surface area contributed by atoms with Crippen molar-refractivity contribution in [2.45, 2.75) is 44.1 Å². The maximum absolute atomic E-state index is 11.6. The van der Waals surface area contributed by atoms with Crippen LogP contribution in [0.1, 0.15) is 12.5 Å². The number of benzene rings is 1. The average molecular weight is 407 g/mol. The van der Waals surface area contributed by atoms with Crippen LogP contribution in [0.5, 0.6) is 11.5 Å². The smallest absolute Gasteiger partial charge is 0.219 e. The topological polar surface area (TPSA) is 104 Å². The van der Waals surface area contributed by atoms with Crippen molar-refractivity contribution in [1.82, 2.24) is 15.1 Å². The van der Waals surface area contributed by atoms with Crippen LogP contribution in [0.25, 0.3) is 0 Å². The Kier molecular flexibility index (Phi) is 5.93. The van der Waals surface area contributed by atoms with E-state index in [1.165, 1.54) is 0 Å². The summed E-state index contributed by atoms with van der Waals surface area (Å²) in [7, 11) is 1.55. The van der Waals surface area contributed by atoms with E-state index >= 15 is 0 Å². The minimum atomic E-state index is -0.689. The minimum absolute atomic E-state index is 0.0705. The zero-order valence-electron chi connectivity index (χ0n) is 16.8. The summed E-state index contributed by atoms with van der Waals surface area (Å²) in [4.78, 5) is 15.5. The van der Waals surface area contributed by atoms with Crippen LogP contribution >= 0.6 is 0 Å². The summed E-state index contributed by atoms with van der Waals surface area (Å²) in [6.07, 6.45) is -1.40. The molecule has 3 saturated heterocycles. The molecule has 3 aliphatic heterocycles. The number of hydrogen-bond donors (Lipinski definition) is 3. The molecule has 9 nitrogen and oxygen atoms in total. The number of fused-ring (bicyclic) bond motifs is 2. The molecule has 0 spiro atoms. The lowest BCUT2D eigenvalue weighted by Gasteiger charge is -2.46. The summed E-state index contributed by atoms with van der Waals surface area (Å²) < 4.78 is 17.0. The molecule has 3 aliphatic rings. The summed E-state index contributed by atoms with van der Waals surface area (Å²) >= 11 is 0. The van der Waals surface area contributed by atoms with Gasteiger partial charge in [-0.2, -0.15) is 0 Å². The van der Waals surface area contributed by atoms with Gasteiger partial charge >= 0.3 is 0 Å². The van der Waals surface area contributed by atoms with E-state index in [2.05, 4.69) is 10.2 Å². The molecular weight excluding hydrogens is 378 g/mol. The lowest BCUT2D eigenvalue weighted by Crippen LogP contribution is -2.66. The standard InChI is InChI=1S/C20H29N3O6/c1-12(24)22-5-7-23(8-6-22)18-19(26)17(16-11-28-20(18)29-16)21-10-13-3-4-14(27-2)9-15(13)25/h3-4,9,16-21,25-26H,5-8,10-11H2,1-2H3/t16-,17+,18-,19-,20+/m0/s1. The predicted molar refractivity (Wildman–Crippen MR) is 104 cm³/mol. The lowest BCUT2D eigenvalue weighted by molar-refractivity contribution is -0.187. The van der Waals surface area contributed by atoms with Crippen LogP contribution in [0, 0.1) is 0 Å². The number of aliphatic hydroxyl groups excluding tert-OH is 1. The molecule has 1 aromatic carbocycles. The van der Waals surface area contributed by atoms with Gasteiger partial charge in [0.15, 0.2) is 6.29 Å². The molecule has 9 heteroatoms. The van der Waals surface area contributed by atoms with Crippen molar-refractivity contribution in [3.63, 3.8) is 0 Å². The third-order valence-corrected chi connectivity index (χ3v) is 6.13. The van der Waals surface area contributed by atoms with Crippen molar-refractivity contribution in [3.05, 3.63) is 23.8 Å². The van der Waals surface area contributed by atoms with E-state index in [1.54, 1.807) is 32.2 Å². The molecule has 29 heavy (non-hydrogen) atoms. The highest BCUT2D eigenvalue weighted by molar-refractivity contribution is 5.73. The predicted octanol–water partition coefficient (Wildman–Crippen LogP) is -0.492. The van der Waals surface area contributed by atoms with Gasteiger partial charge in [0, 0.05) is 51.3 Å². The molecule has 3 heterocycles. The van der Waals surface area contributed by atoms with Gasteiger partial charge in [0.1, 0.15) is 17.6 Å². The van der Waals surface area contributed by atoms with Gasteiger partial charge in [0.2, 0.25) is 5.91 Å². The first kappa shape index (κ1) is 20.4. The van der Waals surface area contributed by atoms with Crippen molar-refractivity contribution >= 4 is 5.91 Å². The van der Waals surface area contributed by atoms with Crippen molar-refractivity contribution in [3.8, 4) is 11.5 Å². The van der Waals surface area contributed by atoms with E-state index < -0.39 is 12.4 Å². The zero-order valence-corrected chi connectivity index (χ0v) is 16.8. The fourth-order valence-electron chi connectivity index (χ4n) is 4.42. The van der Waals surface area contributed by atoms with Crippen molar-refractivity contribution in [2.24, 2.45) is 0 Å². The third kappa shape index (κ3) is 4.06. The average Bonchev–Trinajstić information content (AvgIpc) is 3.14. The first-order chi connectivity index (χ1) is 14.0. The van der Waals surface area contributed by atoms with Gasteiger partial charge in [-0.25, -0.2) is 0 Å². The Hall–Kier alpha value is -1.91. The number of phenols is 1. The number of aromatic hydroxyl groups is 1. The summed E-state index contributed by atoms with van der Waals surface area (Å²) in [6, 6.07) is 4.52. The number of hydrogen-bond acceptors (Lipinski definition) is 8. The Labute approximate surface area is 170 Å². The maximum atomic E-state index is 11.6. The number of aliphatic hydroxyl groups is 1. The molecule has 1 amide bonds. The number of nitrogens with one attached hydrogen (secondary N) is 1. The zero-order chi connectivity index (χ0) is 20.5. The summed E-state index contributed by atoms with van der Waals surface area (Å²) in [5.41, 5.74) is 0.714. The number of carbonyl (C=O) groups excluding carboxylic acids is 1. The van der Waals surface area contributed by atoms with Crippen LogP contribution in [0.4, 0.5) is 0 Å². The molecule has 1 aromatic rings. The molecule has 0 saturated carbocycles. The van der Waals surface area contributed by atoms with Crippen LogP contribution in [-0.2, 0) is 20.8 Å². The summed E-state index contributed by atoms with van der Waals surface area (Å²) in [5, 5.41) is 24.7. The molecular formula is C20H29N3O6. The highest BCUT2D eigenvalue weighted by Gasteiger charge is 2.52. The molecule has 0 unspecified atom stereocenters. The number of amides is 1. The number of phenolic OH excluding ortho intramolecular Hbond substituents is 1. The molecule has 4 rings (SSSR count). The molecule has 0 aliphatic carbocycles. The minimum Gasteiger partial charge on any atom is -0.507 e. The Morgan fingerprint density at radius 1 is 1.31 bits per heavy atom. The first-order valence-electron chi connectivity index (χ1n) is 10.0. The molecule has 3 fully saturated rings. The molecule has 0 aromatic heterocycles. The SMILES string of the molecule is COc1ccc(CN[C@H]2[C@H](O)[C@H](N3CCN(C(C)=O)CC3)[C@@H]3OC[C@@H]2O3)c(O)c1. The normalized spacial score (nSPS) is 32.4. The molecule has 0 radical (unpaired) electrons. The van der Waals surface area contributed by atoms with E-state index in [-0.39, 0.29) is 29.8 Å². The summed E-state index contributed by atoms with van der Waals surface area (Å²) in [5.74, 6) is 0.797. The van der Waals surface area contributed by atoms with Crippen LogP contribution in [0.15, 0.2) is 18.2 Å². The third-order valence-electron chi connectivity index (χ3n) is 6.13. The van der Waals surface area contributed by atoms with Crippen LogP contribution in [-0.4, -0.2) is 96.4 Å². The Balaban J connectivity index is 1.42. The van der Waals surface area contributed by atoms with Crippen LogP contribution < -0.4 is 10.1 Å². The van der Waals surface area contributed by atoms with Gasteiger partial charge in [0.05, 0.1) is 31.9 Å². The second-order valence-electron chi connectivity index (χ2n) is 7.80. The van der Waals surface area contributed by atoms with Crippen molar-refractivity contribution in [2.75, 3.05) is 39.9 Å². The van der Waals surface area contributed by atoms with Gasteiger partial charge in [-0.3, -0.25) is 9.69 Å². The number of carbonyl (C=O) groups is 1. The molecule has 3 N–H and O–H groups in total. The number of ether oxygens (including phenoxy) is 3. The molecule has 2 bridgehead atoms. The second-order valence-corrected chi connectivity index (χ2v) is 7.80. The van der Waals surface area contributed by atoms with Gasteiger partial charge in [-0.05, 0) is 6.07 Å². The maximum Gasteiger partial charge on any atom is 0.219 e. The fraction of sp³-hybridized carbons (Fsp3) is 0.650. The summed E-state index contributed by atoms with van der Waals surface area (Å²) in [6.45, 7) is 4.97. The second kappa shape index (κ2) is 8.45. The highest BCUT2D eigenvalue weighted by Crippen LogP contribution is 2.32. The molecule has 5 atom stereocenters. The van der Waals surface area contributed by atoms with Gasteiger partial charge < -0.3 is 34.6 Å². The number of nitrogens with zero attached hydrogens (tertiary/aromatic N) is 2.